The molecule has 2 heterocycles. The van der Waals surface area contributed by atoms with E-state index in [1.54, 1.807) is 0 Å². The third-order valence-corrected chi connectivity index (χ3v) is 4.81. The molecule has 1 aromatic carbocycles. The quantitative estimate of drug-likeness (QED) is 0.796. The molecule has 0 fully saturated rings. The zero-order chi connectivity index (χ0) is 18.1. The molecule has 25 heavy (non-hydrogen) atoms. The van der Waals surface area contributed by atoms with Crippen molar-refractivity contribution in [3.05, 3.63) is 51.3 Å². The van der Waals surface area contributed by atoms with Crippen LogP contribution < -0.4 is 5.32 Å². The molecule has 1 aromatic heterocycles. The maximum atomic E-state index is 12.6. The van der Waals surface area contributed by atoms with Crippen molar-refractivity contribution in [2.24, 2.45) is 0 Å². The molecule has 2 atom stereocenters. The third kappa shape index (κ3) is 3.45. The summed E-state index contributed by atoms with van der Waals surface area (Å²) in [5, 5.41) is 19.4. The van der Waals surface area contributed by atoms with Gasteiger partial charge in [0.2, 0.25) is 0 Å². The van der Waals surface area contributed by atoms with Crippen LogP contribution >= 0.6 is 0 Å². The molecule has 6 nitrogen and oxygen atoms in total. The van der Waals surface area contributed by atoms with Gasteiger partial charge in [-0.1, -0.05) is 12.1 Å². The second kappa shape index (κ2) is 6.98. The van der Waals surface area contributed by atoms with Crippen LogP contribution in [0.15, 0.2) is 12.1 Å². The number of rotatable bonds is 4. The second-order valence-corrected chi connectivity index (χ2v) is 6.81. The summed E-state index contributed by atoms with van der Waals surface area (Å²) in [6.07, 6.45) is 0.674. The Hall–Kier alpha value is -2.18. The average molecular weight is 343 g/mol. The maximum Gasteiger partial charge on any atom is 0.272 e. The Kier molecular flexibility index (Phi) is 4.92. The standard InChI is InChI=1S/C19H25N3O3/c1-10-5-14(9-23)6-11(2)16(10)8-20-19(24)18-15-7-12(3)25-13(4)17(15)21-22-18/h5-6,12-13,23H,7-9H2,1-4H3,(H,20,24)(H,21,22)/t12-,13+/m1/s1. The number of carbonyl (C=O) groups is 1. The normalized spacial score (nSPS) is 19.6. The van der Waals surface area contributed by atoms with Gasteiger partial charge in [0, 0.05) is 18.5 Å². The van der Waals surface area contributed by atoms with Gasteiger partial charge < -0.3 is 15.2 Å². The second-order valence-electron chi connectivity index (χ2n) is 6.81. The lowest BCUT2D eigenvalue weighted by Crippen LogP contribution is -2.28. The van der Waals surface area contributed by atoms with Gasteiger partial charge in [0.05, 0.1) is 24.5 Å². The molecule has 1 aliphatic heterocycles. The number of nitrogens with one attached hydrogen (secondary N) is 2. The summed E-state index contributed by atoms with van der Waals surface area (Å²) in [5.74, 6) is -0.177. The Morgan fingerprint density at radius 2 is 2.04 bits per heavy atom. The number of amides is 1. The predicted molar refractivity (Wildman–Crippen MR) is 94.3 cm³/mol. The number of H-pyrrole nitrogens is 1. The molecule has 0 unspecified atom stereocenters. The predicted octanol–water partition coefficient (Wildman–Crippen LogP) is 2.47. The molecule has 2 aromatic rings. The van der Waals surface area contributed by atoms with E-state index in [0.717, 1.165) is 33.5 Å². The van der Waals surface area contributed by atoms with Gasteiger partial charge in [-0.05, 0) is 49.9 Å². The first kappa shape index (κ1) is 17.6. The summed E-state index contributed by atoms with van der Waals surface area (Å²) in [5.41, 5.74) is 6.37. The lowest BCUT2D eigenvalue weighted by Gasteiger charge is -2.25. The van der Waals surface area contributed by atoms with E-state index >= 15 is 0 Å². The zero-order valence-electron chi connectivity index (χ0n) is 15.1. The Balaban J connectivity index is 1.77. The van der Waals surface area contributed by atoms with Gasteiger partial charge in [0.15, 0.2) is 5.69 Å². The Morgan fingerprint density at radius 3 is 2.68 bits per heavy atom. The molecule has 6 heteroatoms. The molecule has 0 spiro atoms. The van der Waals surface area contributed by atoms with Gasteiger partial charge in [0.25, 0.3) is 5.91 Å². The summed E-state index contributed by atoms with van der Waals surface area (Å²) < 4.78 is 5.76. The summed E-state index contributed by atoms with van der Waals surface area (Å²) in [6, 6.07) is 3.90. The Bertz CT molecular complexity index is 774. The maximum absolute atomic E-state index is 12.6. The highest BCUT2D eigenvalue weighted by Crippen LogP contribution is 2.30. The molecular formula is C19H25N3O3. The van der Waals surface area contributed by atoms with E-state index in [4.69, 9.17) is 4.74 Å². The fraction of sp³-hybridized carbons (Fsp3) is 0.474. The highest BCUT2D eigenvalue weighted by atomic mass is 16.5. The number of nitrogens with zero attached hydrogens (tertiary/aromatic N) is 1. The summed E-state index contributed by atoms with van der Waals surface area (Å²) in [4.78, 5) is 12.6. The molecule has 1 amide bonds. The summed E-state index contributed by atoms with van der Waals surface area (Å²) in [6.45, 7) is 8.40. The van der Waals surface area contributed by atoms with Gasteiger partial charge in [-0.2, -0.15) is 5.10 Å². The largest absolute Gasteiger partial charge is 0.392 e. The van der Waals surface area contributed by atoms with Crippen molar-refractivity contribution in [2.75, 3.05) is 0 Å². The van der Waals surface area contributed by atoms with E-state index in [-0.39, 0.29) is 24.7 Å². The van der Waals surface area contributed by atoms with Gasteiger partial charge in [0.1, 0.15) is 0 Å². The van der Waals surface area contributed by atoms with E-state index in [2.05, 4.69) is 15.5 Å². The molecule has 0 aliphatic carbocycles. The van der Waals surface area contributed by atoms with E-state index in [0.29, 0.717) is 18.7 Å². The number of fused-ring (bicyclic) bond motifs is 1. The number of aromatic amines is 1. The van der Waals surface area contributed by atoms with Crippen LogP contribution in [0.5, 0.6) is 0 Å². The van der Waals surface area contributed by atoms with Crippen LogP contribution in [0.3, 0.4) is 0 Å². The lowest BCUT2D eigenvalue weighted by atomic mass is 9.98. The highest BCUT2D eigenvalue weighted by Gasteiger charge is 2.29. The number of hydrogen-bond acceptors (Lipinski definition) is 4. The fourth-order valence-corrected chi connectivity index (χ4v) is 3.57. The SMILES string of the molecule is Cc1cc(CO)cc(C)c1CNC(=O)c1n[nH]c2c1C[C@@H](C)O[C@H]2C. The number of aliphatic hydroxyl groups excluding tert-OH is 1. The van der Waals surface area contributed by atoms with Gasteiger partial charge in [-0.3, -0.25) is 9.89 Å². The van der Waals surface area contributed by atoms with Gasteiger partial charge in [-0.25, -0.2) is 0 Å². The number of carbonyl (C=O) groups excluding carboxylic acids is 1. The van der Waals surface area contributed by atoms with Gasteiger partial charge >= 0.3 is 0 Å². The van der Waals surface area contributed by atoms with Crippen molar-refractivity contribution in [3.8, 4) is 0 Å². The summed E-state index contributed by atoms with van der Waals surface area (Å²) >= 11 is 0. The first-order valence-electron chi connectivity index (χ1n) is 8.61. The molecule has 3 rings (SSSR count). The minimum absolute atomic E-state index is 0.0200. The molecular weight excluding hydrogens is 318 g/mol. The molecule has 1 aliphatic rings. The van der Waals surface area contributed by atoms with Crippen molar-refractivity contribution in [2.45, 2.75) is 59.5 Å². The lowest BCUT2D eigenvalue weighted by molar-refractivity contribution is -0.00697. The first-order chi connectivity index (χ1) is 11.9. The minimum atomic E-state index is -0.177. The topological polar surface area (TPSA) is 87.2 Å². The van der Waals surface area contributed by atoms with E-state index in [1.807, 2.05) is 39.8 Å². The highest BCUT2D eigenvalue weighted by molar-refractivity contribution is 5.94. The Morgan fingerprint density at radius 1 is 1.36 bits per heavy atom. The van der Waals surface area contributed by atoms with Crippen molar-refractivity contribution in [3.63, 3.8) is 0 Å². The van der Waals surface area contributed by atoms with Crippen LogP contribution in [0.4, 0.5) is 0 Å². The van der Waals surface area contributed by atoms with Crippen LogP contribution in [0.25, 0.3) is 0 Å². The van der Waals surface area contributed by atoms with Crippen LogP contribution in [0.2, 0.25) is 0 Å². The van der Waals surface area contributed by atoms with E-state index in [9.17, 15) is 9.90 Å². The number of aromatic nitrogens is 2. The number of aryl methyl sites for hydroxylation is 2. The number of hydrogen-bond donors (Lipinski definition) is 3. The van der Waals surface area contributed by atoms with E-state index in [1.165, 1.54) is 0 Å². The van der Waals surface area contributed by atoms with Crippen molar-refractivity contribution in [1.29, 1.82) is 0 Å². The van der Waals surface area contributed by atoms with Gasteiger partial charge in [-0.15, -0.1) is 0 Å². The molecule has 134 valence electrons. The first-order valence-corrected chi connectivity index (χ1v) is 8.61. The number of benzene rings is 1. The van der Waals surface area contributed by atoms with E-state index < -0.39 is 0 Å². The minimum Gasteiger partial charge on any atom is -0.392 e. The van der Waals surface area contributed by atoms with Crippen LogP contribution in [-0.2, 0) is 24.3 Å². The molecule has 0 saturated carbocycles. The molecule has 0 bridgehead atoms. The Labute approximate surface area is 147 Å². The average Bonchev–Trinajstić information content (AvgIpc) is 2.97. The smallest absolute Gasteiger partial charge is 0.272 e. The van der Waals surface area contributed by atoms with Crippen molar-refractivity contribution < 1.29 is 14.6 Å². The molecule has 0 saturated heterocycles. The van der Waals surface area contributed by atoms with Crippen LogP contribution in [0, 0.1) is 13.8 Å². The van der Waals surface area contributed by atoms with Crippen molar-refractivity contribution >= 4 is 5.91 Å². The number of ether oxygens (including phenoxy) is 1. The third-order valence-electron chi connectivity index (χ3n) is 4.81. The molecule has 0 radical (unpaired) electrons. The number of aliphatic hydroxyl groups is 1. The zero-order valence-corrected chi connectivity index (χ0v) is 15.1. The molecule has 3 N–H and O–H groups in total. The fourth-order valence-electron chi connectivity index (χ4n) is 3.57. The summed E-state index contributed by atoms with van der Waals surface area (Å²) in [7, 11) is 0. The van der Waals surface area contributed by atoms with Crippen LogP contribution in [0.1, 0.15) is 64.0 Å². The van der Waals surface area contributed by atoms with Crippen molar-refractivity contribution in [1.82, 2.24) is 15.5 Å². The monoisotopic (exact) mass is 343 g/mol. The van der Waals surface area contributed by atoms with Crippen LogP contribution in [-0.4, -0.2) is 27.3 Å².